The molecule has 0 saturated heterocycles. The highest BCUT2D eigenvalue weighted by Gasteiger charge is 2.44. The number of amides is 1. The Morgan fingerprint density at radius 3 is 2.52 bits per heavy atom. The van der Waals surface area contributed by atoms with Gasteiger partial charge in [-0.25, -0.2) is 0 Å². The van der Waals surface area contributed by atoms with E-state index in [1.54, 1.807) is 55.9 Å². The summed E-state index contributed by atoms with van der Waals surface area (Å²) in [5.74, 6) is -0.815. The van der Waals surface area contributed by atoms with Gasteiger partial charge in [0.2, 0.25) is 0 Å². The van der Waals surface area contributed by atoms with Crippen molar-refractivity contribution in [1.29, 1.82) is 0 Å². The average Bonchev–Trinajstić information content (AvgIpc) is 3.09. The predicted octanol–water partition coefficient (Wildman–Crippen LogP) is 4.19. The Hall–Kier alpha value is -3.93. The number of benzene rings is 2. The molecule has 1 aromatic heterocycles. The van der Waals surface area contributed by atoms with E-state index in [0.29, 0.717) is 23.4 Å². The second-order valence-corrected chi connectivity index (χ2v) is 7.23. The third-order valence-corrected chi connectivity index (χ3v) is 5.35. The molecule has 31 heavy (non-hydrogen) atoms. The van der Waals surface area contributed by atoms with Crippen LogP contribution in [-0.4, -0.2) is 28.9 Å². The summed E-state index contributed by atoms with van der Waals surface area (Å²) >= 11 is 0. The molecular weight excluding hydrogens is 392 g/mol. The van der Waals surface area contributed by atoms with Crippen LogP contribution in [0.15, 0.2) is 90.5 Å². The Morgan fingerprint density at radius 2 is 1.81 bits per heavy atom. The lowest BCUT2D eigenvalue weighted by molar-refractivity contribution is -0.118. The van der Waals surface area contributed by atoms with Gasteiger partial charge in [0.05, 0.1) is 18.7 Å². The number of pyridine rings is 1. The smallest absolute Gasteiger partial charge is 0.294 e. The first kappa shape index (κ1) is 20.3. The molecule has 0 spiro atoms. The minimum atomic E-state index is -0.745. The fourth-order valence-electron chi connectivity index (χ4n) is 3.82. The molecule has 2 aromatic carbocycles. The van der Waals surface area contributed by atoms with Crippen molar-refractivity contribution in [1.82, 2.24) is 4.98 Å². The van der Waals surface area contributed by atoms with E-state index in [1.807, 2.05) is 30.3 Å². The number of carbonyl (C=O) groups is 2. The van der Waals surface area contributed by atoms with Gasteiger partial charge in [-0.15, -0.1) is 0 Å². The lowest BCUT2D eigenvalue weighted by Gasteiger charge is -2.27. The molecule has 1 unspecified atom stereocenters. The number of hydrogen-bond donors (Lipinski definition) is 1. The van der Waals surface area contributed by atoms with Crippen LogP contribution in [0, 0.1) is 0 Å². The van der Waals surface area contributed by atoms with Crippen molar-refractivity contribution in [2.24, 2.45) is 0 Å². The van der Waals surface area contributed by atoms with Gasteiger partial charge in [-0.2, -0.15) is 0 Å². The van der Waals surface area contributed by atoms with Crippen LogP contribution < -0.4 is 9.64 Å². The van der Waals surface area contributed by atoms with E-state index in [9.17, 15) is 14.7 Å². The van der Waals surface area contributed by atoms with Gasteiger partial charge in [0.25, 0.3) is 5.91 Å². The van der Waals surface area contributed by atoms with Crippen molar-refractivity contribution in [3.63, 3.8) is 0 Å². The summed E-state index contributed by atoms with van der Waals surface area (Å²) in [7, 11) is 1.54. The minimum Gasteiger partial charge on any atom is -0.503 e. The van der Waals surface area contributed by atoms with Crippen LogP contribution in [0.4, 0.5) is 5.69 Å². The second kappa shape index (κ2) is 8.83. The van der Waals surface area contributed by atoms with E-state index in [2.05, 4.69) is 4.98 Å². The standard InChI is InChI=1S/C25H22N2O4/c1-31-20-9-5-8-19(16-20)27-23(18-12-14-26-15-13-18)22(24(29)25(27)30)21(28)11-10-17-6-3-2-4-7-17/h2-9,12-16,23,29H,10-11H2,1H3. The predicted molar refractivity (Wildman–Crippen MR) is 117 cm³/mol. The van der Waals surface area contributed by atoms with E-state index >= 15 is 0 Å². The second-order valence-electron chi connectivity index (χ2n) is 7.23. The van der Waals surface area contributed by atoms with Gasteiger partial charge in [-0.3, -0.25) is 19.5 Å². The van der Waals surface area contributed by atoms with E-state index in [1.165, 1.54) is 4.90 Å². The van der Waals surface area contributed by atoms with Crippen LogP contribution in [0.25, 0.3) is 0 Å². The molecule has 0 saturated carbocycles. The minimum absolute atomic E-state index is 0.106. The lowest BCUT2D eigenvalue weighted by Crippen LogP contribution is -2.31. The zero-order chi connectivity index (χ0) is 21.8. The first-order chi connectivity index (χ1) is 15.1. The van der Waals surface area contributed by atoms with Crippen molar-refractivity contribution in [3.8, 4) is 5.75 Å². The zero-order valence-electron chi connectivity index (χ0n) is 17.1. The molecule has 6 heteroatoms. The van der Waals surface area contributed by atoms with Crippen molar-refractivity contribution in [3.05, 3.63) is 102 Å². The largest absolute Gasteiger partial charge is 0.503 e. The van der Waals surface area contributed by atoms with Crippen LogP contribution in [0.2, 0.25) is 0 Å². The van der Waals surface area contributed by atoms with E-state index in [4.69, 9.17) is 4.74 Å². The van der Waals surface area contributed by atoms with Gasteiger partial charge in [-0.05, 0) is 41.8 Å². The Kier molecular flexibility index (Phi) is 5.80. The molecule has 6 nitrogen and oxygen atoms in total. The van der Waals surface area contributed by atoms with Crippen molar-refractivity contribution in [2.45, 2.75) is 18.9 Å². The molecule has 4 rings (SSSR count). The number of nitrogens with zero attached hydrogens (tertiary/aromatic N) is 2. The summed E-state index contributed by atoms with van der Waals surface area (Å²) < 4.78 is 5.29. The highest BCUT2D eigenvalue weighted by molar-refractivity contribution is 6.16. The van der Waals surface area contributed by atoms with Crippen LogP contribution in [0.5, 0.6) is 5.75 Å². The number of methoxy groups -OCH3 is 1. The Bertz CT molecular complexity index is 1130. The Balaban J connectivity index is 1.72. The monoisotopic (exact) mass is 414 g/mol. The number of anilines is 1. The number of hydrogen-bond acceptors (Lipinski definition) is 5. The average molecular weight is 414 g/mol. The van der Waals surface area contributed by atoms with Crippen molar-refractivity contribution < 1.29 is 19.4 Å². The highest BCUT2D eigenvalue weighted by Crippen LogP contribution is 2.41. The Labute approximate surface area is 180 Å². The number of ether oxygens (including phenoxy) is 1. The molecule has 1 aliphatic rings. The third-order valence-electron chi connectivity index (χ3n) is 5.35. The molecular formula is C25H22N2O4. The first-order valence-electron chi connectivity index (χ1n) is 9.98. The molecule has 1 atom stereocenters. The molecule has 0 radical (unpaired) electrons. The van der Waals surface area contributed by atoms with Crippen molar-refractivity contribution >= 4 is 17.4 Å². The van der Waals surface area contributed by atoms with Gasteiger partial charge in [-0.1, -0.05) is 36.4 Å². The van der Waals surface area contributed by atoms with Crippen LogP contribution in [0.3, 0.4) is 0 Å². The molecule has 1 amide bonds. The number of carbonyl (C=O) groups excluding carboxylic acids is 2. The molecule has 156 valence electrons. The van der Waals surface area contributed by atoms with E-state index in [0.717, 1.165) is 5.56 Å². The van der Waals surface area contributed by atoms with Crippen LogP contribution in [-0.2, 0) is 16.0 Å². The molecule has 1 aliphatic heterocycles. The summed E-state index contributed by atoms with van der Waals surface area (Å²) in [6.45, 7) is 0. The molecule has 2 heterocycles. The van der Waals surface area contributed by atoms with E-state index in [-0.39, 0.29) is 17.8 Å². The fourth-order valence-corrected chi connectivity index (χ4v) is 3.82. The lowest BCUT2D eigenvalue weighted by atomic mass is 9.93. The molecule has 0 bridgehead atoms. The maximum atomic E-state index is 13.2. The number of rotatable bonds is 7. The maximum Gasteiger partial charge on any atom is 0.294 e. The highest BCUT2D eigenvalue weighted by atomic mass is 16.5. The quantitative estimate of drug-likeness (QED) is 0.627. The maximum absolute atomic E-state index is 13.2. The van der Waals surface area contributed by atoms with Gasteiger partial charge >= 0.3 is 0 Å². The summed E-state index contributed by atoms with van der Waals surface area (Å²) in [5.41, 5.74) is 2.35. The SMILES string of the molecule is COc1cccc(N2C(=O)C(O)=C(C(=O)CCc3ccccc3)C2c2ccncc2)c1. The van der Waals surface area contributed by atoms with Gasteiger partial charge in [0.15, 0.2) is 11.5 Å². The number of aryl methyl sites for hydroxylation is 1. The summed E-state index contributed by atoms with van der Waals surface area (Å²) in [6, 6.07) is 19.4. The van der Waals surface area contributed by atoms with Gasteiger partial charge in [0.1, 0.15) is 5.75 Å². The van der Waals surface area contributed by atoms with Crippen LogP contribution >= 0.6 is 0 Å². The fraction of sp³-hybridized carbons (Fsp3) is 0.160. The molecule has 0 fully saturated rings. The summed E-state index contributed by atoms with van der Waals surface area (Å²) in [4.78, 5) is 31.8. The number of ketones is 1. The number of Topliss-reactive ketones (excluding diaryl/α,β-unsaturated/α-hetero) is 1. The normalized spacial score (nSPS) is 16.0. The van der Waals surface area contributed by atoms with E-state index < -0.39 is 17.7 Å². The molecule has 0 aliphatic carbocycles. The molecule has 1 N–H and O–H groups in total. The molecule has 3 aromatic rings. The number of aromatic nitrogens is 1. The zero-order valence-corrected chi connectivity index (χ0v) is 17.1. The first-order valence-corrected chi connectivity index (χ1v) is 9.98. The van der Waals surface area contributed by atoms with Gasteiger partial charge < -0.3 is 9.84 Å². The summed E-state index contributed by atoms with van der Waals surface area (Å²) in [6.07, 6.45) is 3.91. The third kappa shape index (κ3) is 4.05. The Morgan fingerprint density at radius 1 is 1.06 bits per heavy atom. The van der Waals surface area contributed by atoms with Gasteiger partial charge in [0, 0.05) is 30.6 Å². The topological polar surface area (TPSA) is 79.7 Å². The van der Waals surface area contributed by atoms with Crippen LogP contribution in [0.1, 0.15) is 23.6 Å². The number of aliphatic hydroxyl groups excluding tert-OH is 1. The number of aliphatic hydroxyl groups is 1. The summed E-state index contributed by atoms with van der Waals surface area (Å²) in [5, 5.41) is 10.7. The van der Waals surface area contributed by atoms with Crippen molar-refractivity contribution in [2.75, 3.05) is 12.0 Å².